The van der Waals surface area contributed by atoms with Gasteiger partial charge in [-0.3, -0.25) is 10.2 Å². The Bertz CT molecular complexity index is 1600. The van der Waals surface area contributed by atoms with E-state index < -0.39 is 17.8 Å². The maximum Gasteiger partial charge on any atom is 0.415 e. The number of carbonyl (C=O) groups excluding carboxylic acids is 3. The molecule has 232 valence electrons. The first-order valence-electron chi connectivity index (χ1n) is 14.6. The third-order valence-corrected chi connectivity index (χ3v) is 8.46. The molecule has 2 aliphatic heterocycles. The molecule has 1 fully saturated rings. The lowest BCUT2D eigenvalue weighted by Crippen LogP contribution is -2.48. The second-order valence-electron chi connectivity index (χ2n) is 12.0. The molecule has 2 aliphatic rings. The number of fused-ring (bicyclic) bond motifs is 3. The smallest absolute Gasteiger partial charge is 0.415 e. The SMILES string of the molecule is C=Cc1cc(NC(=O)OC(C)(C)C)ccc1NC(=O)N1C[C@@H](CBr)c2c1cc(OC(=O)N1CCN(C)CC1)c1ccccc21. The van der Waals surface area contributed by atoms with Crippen molar-refractivity contribution in [2.75, 3.05) is 60.6 Å². The fourth-order valence-corrected chi connectivity index (χ4v) is 6.02. The topological polar surface area (TPSA) is 103 Å². The second-order valence-corrected chi connectivity index (χ2v) is 12.7. The number of hydrogen-bond acceptors (Lipinski definition) is 6. The normalized spacial score (nSPS) is 16.8. The summed E-state index contributed by atoms with van der Waals surface area (Å²) in [5.41, 5.74) is 2.75. The molecular formula is C33H38BrN5O5. The van der Waals surface area contributed by atoms with Crippen molar-refractivity contribution in [1.29, 1.82) is 0 Å². The van der Waals surface area contributed by atoms with Crippen molar-refractivity contribution >= 4 is 68.1 Å². The number of hydrogen-bond donors (Lipinski definition) is 2. The van der Waals surface area contributed by atoms with Gasteiger partial charge in [0.05, 0.1) is 5.69 Å². The molecule has 0 unspecified atom stereocenters. The van der Waals surface area contributed by atoms with Gasteiger partial charge in [0.15, 0.2) is 0 Å². The first-order valence-corrected chi connectivity index (χ1v) is 15.7. The molecule has 44 heavy (non-hydrogen) atoms. The summed E-state index contributed by atoms with van der Waals surface area (Å²) in [5, 5.41) is 8.14. The van der Waals surface area contributed by atoms with Crippen molar-refractivity contribution in [3.05, 3.63) is 66.2 Å². The van der Waals surface area contributed by atoms with Gasteiger partial charge < -0.3 is 24.6 Å². The average Bonchev–Trinajstić information content (AvgIpc) is 3.36. The fourth-order valence-electron chi connectivity index (χ4n) is 5.49. The molecule has 0 aliphatic carbocycles. The summed E-state index contributed by atoms with van der Waals surface area (Å²) < 4.78 is 11.3. The van der Waals surface area contributed by atoms with E-state index in [2.05, 4.69) is 38.0 Å². The van der Waals surface area contributed by atoms with E-state index in [9.17, 15) is 14.4 Å². The Morgan fingerprint density at radius 1 is 1.02 bits per heavy atom. The van der Waals surface area contributed by atoms with Gasteiger partial charge >= 0.3 is 18.2 Å². The number of anilines is 3. The maximum absolute atomic E-state index is 13.8. The van der Waals surface area contributed by atoms with Gasteiger partial charge in [-0.2, -0.15) is 0 Å². The molecule has 1 saturated heterocycles. The van der Waals surface area contributed by atoms with Crippen LogP contribution in [0.5, 0.6) is 5.75 Å². The lowest BCUT2D eigenvalue weighted by atomic mass is 9.95. The van der Waals surface area contributed by atoms with Crippen LogP contribution >= 0.6 is 15.9 Å². The highest BCUT2D eigenvalue weighted by atomic mass is 79.9. The third kappa shape index (κ3) is 6.84. The monoisotopic (exact) mass is 663 g/mol. The van der Waals surface area contributed by atoms with Crippen LogP contribution in [-0.2, 0) is 4.74 Å². The van der Waals surface area contributed by atoms with E-state index in [4.69, 9.17) is 9.47 Å². The molecule has 0 saturated carbocycles. The minimum Gasteiger partial charge on any atom is -0.444 e. The van der Waals surface area contributed by atoms with E-state index >= 15 is 0 Å². The number of halogens is 1. The molecule has 1 atom stereocenters. The number of nitrogens with one attached hydrogen (secondary N) is 2. The average molecular weight is 665 g/mol. The van der Waals surface area contributed by atoms with Crippen LogP contribution in [0.15, 0.2) is 55.1 Å². The van der Waals surface area contributed by atoms with Gasteiger partial charge in [0.25, 0.3) is 0 Å². The maximum atomic E-state index is 13.8. The van der Waals surface area contributed by atoms with Crippen LogP contribution in [0.4, 0.5) is 31.4 Å². The van der Waals surface area contributed by atoms with E-state index in [1.807, 2.05) is 31.3 Å². The predicted molar refractivity (Wildman–Crippen MR) is 178 cm³/mol. The molecule has 11 heteroatoms. The molecule has 3 aromatic rings. The zero-order valence-electron chi connectivity index (χ0n) is 25.5. The Hall–Kier alpha value is -4.09. The number of amides is 4. The Morgan fingerprint density at radius 3 is 2.39 bits per heavy atom. The van der Waals surface area contributed by atoms with Crippen LogP contribution < -0.4 is 20.3 Å². The Morgan fingerprint density at radius 2 is 1.73 bits per heavy atom. The largest absolute Gasteiger partial charge is 0.444 e. The van der Waals surface area contributed by atoms with Crippen LogP contribution in [0, 0.1) is 0 Å². The molecule has 0 spiro atoms. The van der Waals surface area contributed by atoms with Gasteiger partial charge in [-0.25, -0.2) is 14.4 Å². The number of alkyl halides is 1. The van der Waals surface area contributed by atoms with Gasteiger partial charge in [0.1, 0.15) is 11.4 Å². The molecular weight excluding hydrogens is 626 g/mol. The van der Waals surface area contributed by atoms with Gasteiger partial charge in [0, 0.05) is 66.8 Å². The fraction of sp³-hybridized carbons (Fsp3) is 0.364. The summed E-state index contributed by atoms with van der Waals surface area (Å²) in [6.07, 6.45) is 0.638. The molecule has 0 aromatic heterocycles. The van der Waals surface area contributed by atoms with Crippen molar-refractivity contribution in [2.45, 2.75) is 32.3 Å². The zero-order valence-corrected chi connectivity index (χ0v) is 27.1. The molecule has 10 nitrogen and oxygen atoms in total. The number of nitrogens with zero attached hydrogens (tertiary/aromatic N) is 3. The molecule has 2 N–H and O–H groups in total. The van der Waals surface area contributed by atoms with Gasteiger partial charge in [0.2, 0.25) is 0 Å². The third-order valence-electron chi connectivity index (χ3n) is 7.68. The van der Waals surface area contributed by atoms with Crippen LogP contribution in [0.2, 0.25) is 0 Å². The van der Waals surface area contributed by atoms with Crippen molar-refractivity contribution < 1.29 is 23.9 Å². The molecule has 4 amide bonds. The molecule has 0 bridgehead atoms. The first kappa shape index (κ1) is 31.3. The summed E-state index contributed by atoms with van der Waals surface area (Å²) >= 11 is 3.65. The van der Waals surface area contributed by atoms with E-state index in [1.54, 1.807) is 60.9 Å². The van der Waals surface area contributed by atoms with Crippen molar-refractivity contribution in [3.63, 3.8) is 0 Å². The summed E-state index contributed by atoms with van der Waals surface area (Å²) in [7, 11) is 2.03. The highest BCUT2D eigenvalue weighted by Crippen LogP contribution is 2.46. The standard InChI is InChI=1S/C33H38BrN5O5/c1-6-21-17-23(35-31(41)44-33(2,3)4)11-12-26(21)36-30(40)39-20-22(19-34)29-25-10-8-7-9-24(25)28(18-27(29)39)43-32(42)38-15-13-37(5)14-16-38/h6-12,17-18,22H,1,13-16,19-20H2,2-5H3,(H,35,41)(H,36,40)/t22-/m1/s1. The number of urea groups is 1. The molecule has 5 rings (SSSR count). The van der Waals surface area contributed by atoms with E-state index in [1.165, 1.54) is 0 Å². The summed E-state index contributed by atoms with van der Waals surface area (Å²) in [4.78, 5) is 44.8. The molecule has 3 aromatic carbocycles. The van der Waals surface area contributed by atoms with Crippen molar-refractivity contribution in [2.24, 2.45) is 0 Å². The van der Waals surface area contributed by atoms with Crippen molar-refractivity contribution in [3.8, 4) is 5.75 Å². The lowest BCUT2D eigenvalue weighted by molar-refractivity contribution is 0.0635. The van der Waals surface area contributed by atoms with Crippen LogP contribution in [0.25, 0.3) is 16.8 Å². The quantitative estimate of drug-likeness (QED) is 0.282. The number of rotatable bonds is 5. The highest BCUT2D eigenvalue weighted by molar-refractivity contribution is 9.09. The lowest BCUT2D eigenvalue weighted by Gasteiger charge is -2.31. The van der Waals surface area contributed by atoms with Crippen LogP contribution in [0.3, 0.4) is 0 Å². The molecule has 2 heterocycles. The summed E-state index contributed by atoms with van der Waals surface area (Å²) in [6.45, 7) is 12.5. The first-order chi connectivity index (χ1) is 21.0. The summed E-state index contributed by atoms with van der Waals surface area (Å²) in [5.74, 6) is 0.447. The van der Waals surface area contributed by atoms with Gasteiger partial charge in [-0.05, 0) is 62.5 Å². The van der Waals surface area contributed by atoms with E-state index in [0.29, 0.717) is 53.3 Å². The van der Waals surface area contributed by atoms with Crippen LogP contribution in [0.1, 0.15) is 37.8 Å². The minimum absolute atomic E-state index is 0.0299. The number of piperazine rings is 1. The number of carbonyl (C=O) groups is 3. The Labute approximate surface area is 266 Å². The number of likely N-dealkylation sites (N-methyl/N-ethyl adjacent to an activating group) is 1. The van der Waals surface area contributed by atoms with E-state index in [-0.39, 0.29) is 11.9 Å². The highest BCUT2D eigenvalue weighted by Gasteiger charge is 2.35. The van der Waals surface area contributed by atoms with Gasteiger partial charge in [-0.1, -0.05) is 52.9 Å². The Balaban J connectivity index is 1.42. The second kappa shape index (κ2) is 12.9. The van der Waals surface area contributed by atoms with E-state index in [0.717, 1.165) is 29.4 Å². The Kier molecular flexibility index (Phi) is 9.17. The minimum atomic E-state index is -0.633. The molecule has 0 radical (unpaired) electrons. The van der Waals surface area contributed by atoms with Gasteiger partial charge in [-0.15, -0.1) is 0 Å². The van der Waals surface area contributed by atoms with Crippen molar-refractivity contribution in [1.82, 2.24) is 9.80 Å². The van der Waals surface area contributed by atoms with Crippen LogP contribution in [-0.4, -0.2) is 78.7 Å². The predicted octanol–water partition coefficient (Wildman–Crippen LogP) is 7.11. The number of ether oxygens (including phenoxy) is 2. The summed E-state index contributed by atoms with van der Waals surface area (Å²) in [6, 6.07) is 14.4. The number of benzene rings is 3. The zero-order chi connectivity index (χ0) is 31.6.